The maximum atomic E-state index is 10.3. The lowest BCUT2D eigenvalue weighted by Gasteiger charge is -2.08. The molecule has 0 unspecified atom stereocenters. The van der Waals surface area contributed by atoms with E-state index < -0.39 is 12.6 Å². The highest BCUT2D eigenvalue weighted by Crippen LogP contribution is 2.34. The van der Waals surface area contributed by atoms with Gasteiger partial charge in [-0.2, -0.15) is 5.26 Å². The molecule has 0 aromatic heterocycles. The molecule has 78 valence electrons. The minimum atomic E-state index is -1.06. The van der Waals surface area contributed by atoms with Gasteiger partial charge in [-0.15, -0.1) is 0 Å². The molecule has 0 radical (unpaired) electrons. The zero-order valence-corrected chi connectivity index (χ0v) is 10.5. The second-order valence-electron chi connectivity index (χ2n) is 2.56. The van der Waals surface area contributed by atoms with Crippen molar-refractivity contribution in [3.05, 3.63) is 26.6 Å². The van der Waals surface area contributed by atoms with Crippen molar-refractivity contribution in [2.45, 2.75) is 0 Å². The van der Waals surface area contributed by atoms with E-state index in [1.54, 1.807) is 12.1 Å². The Balaban J connectivity index is 2.99. The highest BCUT2D eigenvalue weighted by Gasteiger charge is 2.10. The van der Waals surface area contributed by atoms with Crippen LogP contribution < -0.4 is 4.74 Å². The summed E-state index contributed by atoms with van der Waals surface area (Å²) in [7, 11) is 0. The molecule has 0 heterocycles. The van der Waals surface area contributed by atoms with Gasteiger partial charge in [-0.1, -0.05) is 0 Å². The molecule has 0 amide bonds. The fraction of sp³-hybridized carbons (Fsp3) is 0.111. The van der Waals surface area contributed by atoms with Crippen molar-refractivity contribution in [2.75, 3.05) is 6.61 Å². The predicted molar refractivity (Wildman–Crippen MR) is 59.7 cm³/mol. The maximum absolute atomic E-state index is 10.3. The molecule has 0 atom stereocenters. The number of hydrogen-bond donors (Lipinski definition) is 1. The monoisotopic (exact) mass is 333 g/mol. The average Bonchev–Trinajstić information content (AvgIpc) is 2.15. The van der Waals surface area contributed by atoms with Gasteiger partial charge in [-0.3, -0.25) is 0 Å². The van der Waals surface area contributed by atoms with Crippen LogP contribution in [0.3, 0.4) is 0 Å². The third-order valence-electron chi connectivity index (χ3n) is 1.47. The zero-order chi connectivity index (χ0) is 11.4. The molecule has 0 bridgehead atoms. The molecule has 0 aliphatic carbocycles. The van der Waals surface area contributed by atoms with Crippen molar-refractivity contribution in [1.82, 2.24) is 0 Å². The first-order valence-corrected chi connectivity index (χ1v) is 5.37. The van der Waals surface area contributed by atoms with Gasteiger partial charge in [-0.25, -0.2) is 4.79 Å². The van der Waals surface area contributed by atoms with Crippen LogP contribution in [0.2, 0.25) is 0 Å². The summed E-state index contributed by atoms with van der Waals surface area (Å²) in [5, 5.41) is 17.1. The highest BCUT2D eigenvalue weighted by molar-refractivity contribution is 9.11. The first kappa shape index (κ1) is 12.0. The number of carboxylic acid groups (broad SMARTS) is 1. The number of nitrogens with zero attached hydrogens (tertiary/aromatic N) is 1. The van der Waals surface area contributed by atoms with E-state index in [1.807, 2.05) is 6.07 Å². The lowest BCUT2D eigenvalue weighted by molar-refractivity contribution is -0.139. The Kier molecular flexibility index (Phi) is 4.12. The molecule has 4 nitrogen and oxygen atoms in total. The van der Waals surface area contributed by atoms with Gasteiger partial charge in [0.15, 0.2) is 6.61 Å². The fourth-order valence-electron chi connectivity index (χ4n) is 0.896. The summed E-state index contributed by atoms with van der Waals surface area (Å²) in [4.78, 5) is 10.3. The zero-order valence-electron chi connectivity index (χ0n) is 7.33. The Morgan fingerprint density at radius 3 is 2.40 bits per heavy atom. The molecule has 0 fully saturated rings. The van der Waals surface area contributed by atoms with Gasteiger partial charge in [0.05, 0.1) is 20.6 Å². The number of carboxylic acids is 1. The first-order chi connectivity index (χ1) is 7.04. The molecule has 15 heavy (non-hydrogen) atoms. The summed E-state index contributed by atoms with van der Waals surface area (Å²) in [5.41, 5.74) is 0.455. The van der Waals surface area contributed by atoms with E-state index in [0.717, 1.165) is 0 Å². The molecular formula is C9H5Br2NO3. The third kappa shape index (κ3) is 3.22. The highest BCUT2D eigenvalue weighted by atomic mass is 79.9. The second kappa shape index (κ2) is 5.14. The standard InChI is InChI=1S/C9H5Br2NO3/c10-6-1-5(3-12)2-7(11)9(6)15-4-8(13)14/h1-2H,4H2,(H,13,14). The molecule has 1 N–H and O–H groups in total. The number of nitriles is 1. The summed E-state index contributed by atoms with van der Waals surface area (Å²) in [6.45, 7) is -0.427. The number of halogens is 2. The van der Waals surface area contributed by atoms with Gasteiger partial charge >= 0.3 is 5.97 Å². The second-order valence-corrected chi connectivity index (χ2v) is 4.27. The van der Waals surface area contributed by atoms with Crippen LogP contribution in [0.4, 0.5) is 0 Å². The van der Waals surface area contributed by atoms with Gasteiger partial charge in [0.2, 0.25) is 0 Å². The predicted octanol–water partition coefficient (Wildman–Crippen LogP) is 2.55. The number of benzene rings is 1. The van der Waals surface area contributed by atoms with E-state index in [4.69, 9.17) is 15.1 Å². The molecule has 0 saturated heterocycles. The molecule has 0 aliphatic heterocycles. The van der Waals surface area contributed by atoms with E-state index in [-0.39, 0.29) is 0 Å². The Morgan fingerprint density at radius 1 is 1.47 bits per heavy atom. The van der Waals surface area contributed by atoms with Crippen molar-refractivity contribution >= 4 is 37.8 Å². The Hall–Kier alpha value is -1.06. The van der Waals surface area contributed by atoms with Crippen molar-refractivity contribution in [3.63, 3.8) is 0 Å². The van der Waals surface area contributed by atoms with Gasteiger partial charge in [0.25, 0.3) is 0 Å². The Morgan fingerprint density at radius 2 is 2.00 bits per heavy atom. The molecule has 1 aromatic carbocycles. The van der Waals surface area contributed by atoms with E-state index in [9.17, 15) is 4.79 Å². The number of carbonyl (C=O) groups is 1. The number of hydrogen-bond acceptors (Lipinski definition) is 3. The molecule has 1 rings (SSSR count). The van der Waals surface area contributed by atoms with Crippen molar-refractivity contribution in [1.29, 1.82) is 5.26 Å². The smallest absolute Gasteiger partial charge is 0.341 e. The van der Waals surface area contributed by atoms with Crippen LogP contribution in [0.25, 0.3) is 0 Å². The maximum Gasteiger partial charge on any atom is 0.341 e. The van der Waals surface area contributed by atoms with E-state index in [0.29, 0.717) is 20.3 Å². The topological polar surface area (TPSA) is 70.3 Å². The lowest BCUT2D eigenvalue weighted by atomic mass is 10.2. The summed E-state index contributed by atoms with van der Waals surface area (Å²) >= 11 is 6.38. The van der Waals surface area contributed by atoms with Crippen LogP contribution in [-0.2, 0) is 4.79 Å². The van der Waals surface area contributed by atoms with Crippen LogP contribution in [0.15, 0.2) is 21.1 Å². The van der Waals surface area contributed by atoms with Crippen LogP contribution in [0, 0.1) is 11.3 Å². The molecular weight excluding hydrogens is 330 g/mol. The summed E-state index contributed by atoms with van der Waals surface area (Å²) in [5.74, 6) is -0.686. The minimum Gasteiger partial charge on any atom is -0.480 e. The summed E-state index contributed by atoms with van der Waals surface area (Å²) < 4.78 is 6.10. The SMILES string of the molecule is N#Cc1cc(Br)c(OCC(=O)O)c(Br)c1. The number of rotatable bonds is 3. The van der Waals surface area contributed by atoms with Crippen molar-refractivity contribution < 1.29 is 14.6 Å². The Bertz CT molecular complexity index is 416. The van der Waals surface area contributed by atoms with E-state index >= 15 is 0 Å². The summed E-state index contributed by atoms with van der Waals surface area (Å²) in [6.07, 6.45) is 0. The van der Waals surface area contributed by atoms with Crippen LogP contribution >= 0.6 is 31.9 Å². The normalized spacial score (nSPS) is 9.40. The van der Waals surface area contributed by atoms with Gasteiger partial charge in [-0.05, 0) is 44.0 Å². The number of ether oxygens (including phenoxy) is 1. The molecule has 1 aromatic rings. The minimum absolute atomic E-state index is 0.372. The van der Waals surface area contributed by atoms with Crippen molar-refractivity contribution in [3.8, 4) is 11.8 Å². The van der Waals surface area contributed by atoms with Crippen LogP contribution in [0.1, 0.15) is 5.56 Å². The number of aliphatic carboxylic acids is 1. The quantitative estimate of drug-likeness (QED) is 0.922. The van der Waals surface area contributed by atoms with Crippen LogP contribution in [0.5, 0.6) is 5.75 Å². The van der Waals surface area contributed by atoms with Crippen LogP contribution in [-0.4, -0.2) is 17.7 Å². The fourth-order valence-corrected chi connectivity index (χ4v) is 2.31. The molecule has 6 heteroatoms. The lowest BCUT2D eigenvalue weighted by Crippen LogP contribution is -2.10. The largest absolute Gasteiger partial charge is 0.480 e. The van der Waals surface area contributed by atoms with Gasteiger partial charge in [0, 0.05) is 0 Å². The Labute approximate surface area is 103 Å². The first-order valence-electron chi connectivity index (χ1n) is 3.78. The molecule has 0 saturated carbocycles. The van der Waals surface area contributed by atoms with Crippen molar-refractivity contribution in [2.24, 2.45) is 0 Å². The van der Waals surface area contributed by atoms with Gasteiger partial charge in [0.1, 0.15) is 5.75 Å². The van der Waals surface area contributed by atoms with Gasteiger partial charge < -0.3 is 9.84 Å². The van der Waals surface area contributed by atoms with E-state index in [1.165, 1.54) is 0 Å². The van der Waals surface area contributed by atoms with E-state index in [2.05, 4.69) is 31.9 Å². The average molecular weight is 335 g/mol. The third-order valence-corrected chi connectivity index (χ3v) is 2.65. The summed E-state index contributed by atoms with van der Waals surface area (Å²) in [6, 6.07) is 5.08. The molecule has 0 aliphatic rings. The molecule has 0 spiro atoms.